The van der Waals surface area contributed by atoms with Crippen LogP contribution in [0.2, 0.25) is 10.0 Å². The molecule has 0 saturated heterocycles. The summed E-state index contributed by atoms with van der Waals surface area (Å²) in [5.74, 6) is 0.652. The second-order valence-corrected chi connectivity index (χ2v) is 7.27. The first-order chi connectivity index (χ1) is 12.1. The Balaban J connectivity index is 1.60. The van der Waals surface area contributed by atoms with Crippen molar-refractivity contribution in [3.8, 4) is 0 Å². The van der Waals surface area contributed by atoms with Crippen molar-refractivity contribution < 1.29 is 4.79 Å². The van der Waals surface area contributed by atoms with Gasteiger partial charge in [-0.3, -0.25) is 4.79 Å². The van der Waals surface area contributed by atoms with Gasteiger partial charge in [0.2, 0.25) is 0 Å². The van der Waals surface area contributed by atoms with Crippen molar-refractivity contribution in [1.29, 1.82) is 0 Å². The minimum atomic E-state index is -0.176. The summed E-state index contributed by atoms with van der Waals surface area (Å²) in [6.45, 7) is 0. The van der Waals surface area contributed by atoms with Gasteiger partial charge in [0.15, 0.2) is 0 Å². The van der Waals surface area contributed by atoms with E-state index in [-0.39, 0.29) is 5.91 Å². The van der Waals surface area contributed by atoms with E-state index in [0.29, 0.717) is 16.3 Å². The zero-order valence-electron chi connectivity index (χ0n) is 13.2. The molecular weight excluding hydrogens is 373 g/mol. The number of halogens is 2. The molecule has 3 rings (SSSR count). The number of hydrogen-bond acceptors (Lipinski definition) is 2. The Bertz CT molecular complexity index is 864. The van der Waals surface area contributed by atoms with E-state index in [9.17, 15) is 4.79 Å². The molecule has 3 aromatic carbocycles. The lowest BCUT2D eigenvalue weighted by Crippen LogP contribution is -2.12. The van der Waals surface area contributed by atoms with Crippen molar-refractivity contribution in [2.75, 3.05) is 5.32 Å². The number of carbonyl (C=O) groups is 1. The molecule has 2 nitrogen and oxygen atoms in total. The molecule has 0 aromatic heterocycles. The van der Waals surface area contributed by atoms with Gasteiger partial charge in [0.05, 0.1) is 10.7 Å². The average Bonchev–Trinajstić information content (AvgIpc) is 2.63. The van der Waals surface area contributed by atoms with Gasteiger partial charge in [-0.15, -0.1) is 11.8 Å². The van der Waals surface area contributed by atoms with Crippen molar-refractivity contribution in [2.24, 2.45) is 0 Å². The van der Waals surface area contributed by atoms with Crippen LogP contribution in [-0.2, 0) is 5.75 Å². The van der Waals surface area contributed by atoms with Crippen LogP contribution >= 0.6 is 35.0 Å². The molecule has 0 aliphatic heterocycles. The third-order valence-corrected chi connectivity index (χ3v) is 5.22. The van der Waals surface area contributed by atoms with Gasteiger partial charge in [-0.2, -0.15) is 0 Å². The van der Waals surface area contributed by atoms with Gasteiger partial charge in [-0.1, -0.05) is 47.5 Å². The van der Waals surface area contributed by atoms with Crippen molar-refractivity contribution in [3.05, 3.63) is 94.0 Å². The van der Waals surface area contributed by atoms with Crippen LogP contribution in [-0.4, -0.2) is 5.91 Å². The van der Waals surface area contributed by atoms with Gasteiger partial charge in [-0.25, -0.2) is 0 Å². The first-order valence-electron chi connectivity index (χ1n) is 7.65. The molecule has 1 N–H and O–H groups in total. The minimum Gasteiger partial charge on any atom is -0.321 e. The van der Waals surface area contributed by atoms with Crippen LogP contribution in [0.5, 0.6) is 0 Å². The van der Waals surface area contributed by atoms with Gasteiger partial charge >= 0.3 is 0 Å². The Morgan fingerprint density at radius 3 is 2.24 bits per heavy atom. The first-order valence-corrected chi connectivity index (χ1v) is 9.39. The molecule has 0 atom stereocenters. The van der Waals surface area contributed by atoms with E-state index in [2.05, 4.69) is 5.32 Å². The van der Waals surface area contributed by atoms with Gasteiger partial charge in [0, 0.05) is 21.2 Å². The summed E-state index contributed by atoms with van der Waals surface area (Å²) >= 11 is 13.7. The monoisotopic (exact) mass is 387 g/mol. The zero-order valence-corrected chi connectivity index (χ0v) is 15.5. The van der Waals surface area contributed by atoms with Crippen molar-refractivity contribution in [2.45, 2.75) is 10.6 Å². The number of thioether (sulfide) groups is 1. The smallest absolute Gasteiger partial charge is 0.255 e. The molecular formula is C20H15Cl2NOS. The molecule has 0 radical (unpaired) electrons. The van der Waals surface area contributed by atoms with E-state index in [1.807, 2.05) is 60.7 Å². The molecule has 25 heavy (non-hydrogen) atoms. The lowest BCUT2D eigenvalue weighted by Gasteiger charge is -2.08. The fourth-order valence-corrected chi connectivity index (χ4v) is 3.37. The average molecular weight is 388 g/mol. The quantitative estimate of drug-likeness (QED) is 0.503. The van der Waals surface area contributed by atoms with Crippen LogP contribution < -0.4 is 5.32 Å². The summed E-state index contributed by atoms with van der Waals surface area (Å²) in [4.78, 5) is 13.5. The Morgan fingerprint density at radius 1 is 0.880 bits per heavy atom. The molecule has 5 heteroatoms. The predicted octanol–water partition coefficient (Wildman–Crippen LogP) is 6.54. The summed E-state index contributed by atoms with van der Waals surface area (Å²) in [7, 11) is 0. The Kier molecular flexibility index (Phi) is 6.03. The summed E-state index contributed by atoms with van der Waals surface area (Å²) in [6.07, 6.45) is 0. The second kappa shape index (κ2) is 8.43. The molecule has 3 aromatic rings. The molecule has 0 heterocycles. The number of nitrogens with one attached hydrogen (secondary N) is 1. The van der Waals surface area contributed by atoms with Crippen LogP contribution in [0, 0.1) is 0 Å². The fourth-order valence-electron chi connectivity index (χ4n) is 2.21. The molecule has 0 aliphatic rings. The minimum absolute atomic E-state index is 0.176. The van der Waals surface area contributed by atoms with Crippen molar-refractivity contribution in [1.82, 2.24) is 0 Å². The maximum Gasteiger partial charge on any atom is 0.255 e. The van der Waals surface area contributed by atoms with E-state index in [4.69, 9.17) is 23.2 Å². The molecule has 0 unspecified atom stereocenters. The zero-order chi connectivity index (χ0) is 17.6. The maximum atomic E-state index is 12.3. The second-order valence-electron chi connectivity index (χ2n) is 5.37. The van der Waals surface area contributed by atoms with Gasteiger partial charge in [0.25, 0.3) is 5.91 Å². The molecule has 1 amide bonds. The summed E-state index contributed by atoms with van der Waals surface area (Å²) < 4.78 is 0. The standard InChI is InChI=1S/C20H15Cl2NOS/c21-16-9-11-17(12-10-16)25-13-14-5-7-15(8-6-14)20(24)23-19-4-2-1-3-18(19)22/h1-12H,13H2,(H,23,24). The number of amides is 1. The van der Waals surface area contributed by atoms with E-state index in [1.54, 1.807) is 23.9 Å². The third-order valence-electron chi connectivity index (χ3n) is 3.56. The Morgan fingerprint density at radius 2 is 1.56 bits per heavy atom. The van der Waals surface area contributed by atoms with Crippen LogP contribution in [0.1, 0.15) is 15.9 Å². The normalized spacial score (nSPS) is 10.5. The largest absolute Gasteiger partial charge is 0.321 e. The van der Waals surface area contributed by atoms with E-state index in [1.165, 1.54) is 0 Å². The van der Waals surface area contributed by atoms with Crippen LogP contribution in [0.25, 0.3) is 0 Å². The first kappa shape index (κ1) is 17.9. The summed E-state index contributed by atoms with van der Waals surface area (Å²) in [6, 6.07) is 22.5. The van der Waals surface area contributed by atoms with Crippen LogP contribution in [0.4, 0.5) is 5.69 Å². The Labute approximate surface area is 161 Å². The highest BCUT2D eigenvalue weighted by Gasteiger charge is 2.08. The van der Waals surface area contributed by atoms with Crippen LogP contribution in [0.15, 0.2) is 77.7 Å². The van der Waals surface area contributed by atoms with Crippen molar-refractivity contribution in [3.63, 3.8) is 0 Å². The highest BCUT2D eigenvalue weighted by molar-refractivity contribution is 7.98. The van der Waals surface area contributed by atoms with E-state index >= 15 is 0 Å². The van der Waals surface area contributed by atoms with Gasteiger partial charge in [-0.05, 0) is 54.1 Å². The number of benzene rings is 3. The number of rotatable bonds is 5. The fraction of sp³-hybridized carbons (Fsp3) is 0.0500. The molecule has 126 valence electrons. The maximum absolute atomic E-state index is 12.3. The van der Waals surface area contributed by atoms with Gasteiger partial charge < -0.3 is 5.32 Å². The molecule has 0 saturated carbocycles. The topological polar surface area (TPSA) is 29.1 Å². The van der Waals surface area contributed by atoms with E-state index < -0.39 is 0 Å². The molecule has 0 bridgehead atoms. The third kappa shape index (κ3) is 5.02. The predicted molar refractivity (Wildman–Crippen MR) is 107 cm³/mol. The van der Waals surface area contributed by atoms with E-state index in [0.717, 1.165) is 21.2 Å². The number of carbonyl (C=O) groups excluding carboxylic acids is 1. The number of para-hydroxylation sites is 1. The highest BCUT2D eigenvalue weighted by atomic mass is 35.5. The lowest BCUT2D eigenvalue weighted by atomic mass is 10.1. The number of hydrogen-bond donors (Lipinski definition) is 1. The van der Waals surface area contributed by atoms with Crippen molar-refractivity contribution >= 4 is 46.6 Å². The molecule has 0 spiro atoms. The van der Waals surface area contributed by atoms with Crippen LogP contribution in [0.3, 0.4) is 0 Å². The highest BCUT2D eigenvalue weighted by Crippen LogP contribution is 2.25. The summed E-state index contributed by atoms with van der Waals surface area (Å²) in [5, 5.41) is 4.08. The lowest BCUT2D eigenvalue weighted by molar-refractivity contribution is 0.102. The Hall–Kier alpha value is -1.94. The molecule has 0 fully saturated rings. The number of anilines is 1. The SMILES string of the molecule is O=C(Nc1ccccc1Cl)c1ccc(CSc2ccc(Cl)cc2)cc1. The van der Waals surface area contributed by atoms with Gasteiger partial charge in [0.1, 0.15) is 0 Å². The molecule has 0 aliphatic carbocycles. The summed E-state index contributed by atoms with van der Waals surface area (Å²) in [5.41, 5.74) is 2.35.